The van der Waals surface area contributed by atoms with Gasteiger partial charge in [-0.2, -0.15) is 0 Å². The van der Waals surface area contributed by atoms with Gasteiger partial charge in [-0.05, 0) is 48.2 Å². The number of carbonyl (C=O) groups excluding carboxylic acids is 1. The van der Waals surface area contributed by atoms with Crippen LogP contribution >= 0.6 is 0 Å². The quantitative estimate of drug-likeness (QED) is 0.581. The van der Waals surface area contributed by atoms with Gasteiger partial charge in [0.15, 0.2) is 6.17 Å². The molecule has 3 heterocycles. The van der Waals surface area contributed by atoms with Gasteiger partial charge in [0.05, 0.1) is 6.54 Å². The van der Waals surface area contributed by atoms with Crippen molar-refractivity contribution in [1.82, 2.24) is 20.2 Å². The van der Waals surface area contributed by atoms with E-state index in [0.717, 1.165) is 42.8 Å². The molecule has 3 aliphatic rings. The van der Waals surface area contributed by atoms with Crippen LogP contribution in [-0.4, -0.2) is 79.6 Å². The van der Waals surface area contributed by atoms with Crippen molar-refractivity contribution < 1.29 is 18.3 Å². The number of aliphatic imine (C=N–C) groups is 1. The lowest BCUT2D eigenvalue weighted by Gasteiger charge is -2.27. The number of alkyl halides is 2. The highest BCUT2D eigenvalue weighted by atomic mass is 19.3. The summed E-state index contributed by atoms with van der Waals surface area (Å²) in [6.45, 7) is 1.46. The third-order valence-corrected chi connectivity index (χ3v) is 6.83. The van der Waals surface area contributed by atoms with Crippen molar-refractivity contribution in [2.24, 2.45) is 4.99 Å². The molecule has 10 heteroatoms. The minimum atomic E-state index is -2.55. The van der Waals surface area contributed by atoms with Crippen LogP contribution in [0.25, 0.3) is 5.57 Å². The largest absolute Gasteiger partial charge is 0.487 e. The number of hydrogen-bond donors (Lipinski definition) is 2. The zero-order chi connectivity index (χ0) is 26.6. The fraction of sp³-hybridized carbons (Fsp3) is 0.357. The van der Waals surface area contributed by atoms with Crippen LogP contribution in [-0.2, 0) is 17.6 Å². The van der Waals surface area contributed by atoms with E-state index in [0.29, 0.717) is 18.3 Å². The predicted octanol–water partition coefficient (Wildman–Crippen LogP) is 3.34. The summed E-state index contributed by atoms with van der Waals surface area (Å²) in [6, 6.07) is 13.5. The first-order chi connectivity index (χ1) is 18.4. The SMILES string of the molecule is CN(C)C(=O)CN1CCc2ccc(NC3=NC4C(c5ccccc5OCC(F)F)=CC=CN4N3)cc2CC1. The van der Waals surface area contributed by atoms with Crippen LogP contribution in [0.4, 0.5) is 14.5 Å². The fourth-order valence-electron chi connectivity index (χ4n) is 4.81. The van der Waals surface area contributed by atoms with Crippen molar-refractivity contribution in [2.75, 3.05) is 45.7 Å². The van der Waals surface area contributed by atoms with E-state index < -0.39 is 13.0 Å². The normalized spacial score (nSPS) is 18.7. The third-order valence-electron chi connectivity index (χ3n) is 6.83. The summed E-state index contributed by atoms with van der Waals surface area (Å²) in [6.07, 6.45) is 4.54. The first-order valence-corrected chi connectivity index (χ1v) is 12.7. The third kappa shape index (κ3) is 5.80. The van der Waals surface area contributed by atoms with Crippen molar-refractivity contribution in [3.05, 3.63) is 77.5 Å². The molecule has 0 aromatic heterocycles. The number of amides is 1. The Morgan fingerprint density at radius 3 is 2.76 bits per heavy atom. The molecular weight excluding hydrogens is 490 g/mol. The fourth-order valence-corrected chi connectivity index (χ4v) is 4.81. The van der Waals surface area contributed by atoms with Gasteiger partial charge in [-0.25, -0.2) is 13.8 Å². The van der Waals surface area contributed by atoms with Crippen molar-refractivity contribution in [1.29, 1.82) is 0 Å². The lowest BCUT2D eigenvalue weighted by atomic mass is 10.00. The molecule has 1 amide bonds. The number of allylic oxidation sites excluding steroid dienone is 2. The van der Waals surface area contributed by atoms with Crippen LogP contribution in [0.1, 0.15) is 16.7 Å². The van der Waals surface area contributed by atoms with E-state index in [-0.39, 0.29) is 12.1 Å². The average molecular weight is 523 g/mol. The molecule has 0 spiro atoms. The number of guanidine groups is 1. The number of nitrogens with zero attached hydrogens (tertiary/aromatic N) is 4. The van der Waals surface area contributed by atoms with Crippen LogP contribution in [0.15, 0.2) is 65.8 Å². The minimum absolute atomic E-state index is 0.116. The Hall–Kier alpha value is -3.92. The zero-order valence-electron chi connectivity index (χ0n) is 21.5. The topological polar surface area (TPSA) is 72.4 Å². The molecule has 0 fully saturated rings. The second-order valence-electron chi connectivity index (χ2n) is 9.71. The molecule has 0 aliphatic carbocycles. The number of fused-ring (bicyclic) bond motifs is 2. The number of anilines is 1. The number of rotatable bonds is 7. The van der Waals surface area contributed by atoms with Crippen LogP contribution in [0, 0.1) is 0 Å². The number of carbonyl (C=O) groups is 1. The number of benzene rings is 2. The van der Waals surface area contributed by atoms with Crippen molar-refractivity contribution >= 4 is 23.1 Å². The standard InChI is InChI=1S/C28H32F2N6O2/c1-34(2)26(37)17-35-14-11-19-9-10-21(16-20(19)12-15-35)31-28-32-27-23(7-5-13-36(27)33-28)22-6-3-4-8-24(22)38-18-25(29)30/h3-10,13,16,25,27H,11-12,14-15,17-18H2,1-2H3,(H2,31,32,33). The smallest absolute Gasteiger partial charge is 0.272 e. The Labute approximate surface area is 221 Å². The number of para-hydroxylation sites is 1. The highest BCUT2D eigenvalue weighted by Gasteiger charge is 2.31. The van der Waals surface area contributed by atoms with E-state index in [1.807, 2.05) is 41.6 Å². The van der Waals surface area contributed by atoms with Crippen LogP contribution in [0.5, 0.6) is 5.75 Å². The summed E-state index contributed by atoms with van der Waals surface area (Å²) in [7, 11) is 3.57. The molecule has 1 unspecified atom stereocenters. The van der Waals surface area contributed by atoms with Gasteiger partial charge in [0.1, 0.15) is 12.4 Å². The van der Waals surface area contributed by atoms with E-state index in [9.17, 15) is 13.6 Å². The number of hydrogen-bond acceptors (Lipinski definition) is 7. The molecule has 0 radical (unpaired) electrons. The molecule has 5 rings (SSSR count). The summed E-state index contributed by atoms with van der Waals surface area (Å²) in [5, 5.41) is 5.25. The van der Waals surface area contributed by atoms with E-state index in [1.54, 1.807) is 31.1 Å². The molecule has 3 aliphatic heterocycles. The average Bonchev–Trinajstić information content (AvgIpc) is 3.21. The summed E-state index contributed by atoms with van der Waals surface area (Å²) < 4.78 is 30.9. The van der Waals surface area contributed by atoms with Crippen molar-refractivity contribution in [3.63, 3.8) is 0 Å². The van der Waals surface area contributed by atoms with Gasteiger partial charge in [0.25, 0.3) is 6.43 Å². The molecular formula is C28H32F2N6O2. The molecule has 200 valence electrons. The second kappa shape index (κ2) is 11.2. The zero-order valence-corrected chi connectivity index (χ0v) is 21.5. The van der Waals surface area contributed by atoms with Gasteiger partial charge in [0.2, 0.25) is 11.9 Å². The molecule has 2 aromatic carbocycles. The molecule has 8 nitrogen and oxygen atoms in total. The Kier molecular flexibility index (Phi) is 7.59. The molecule has 2 N–H and O–H groups in total. The number of halogens is 2. The Morgan fingerprint density at radius 1 is 1.18 bits per heavy atom. The monoisotopic (exact) mass is 522 g/mol. The van der Waals surface area contributed by atoms with Gasteiger partial charge >= 0.3 is 0 Å². The number of likely N-dealkylation sites (N-methyl/N-ethyl adjacent to an activating group) is 1. The van der Waals surface area contributed by atoms with Gasteiger partial charge in [-0.1, -0.05) is 30.3 Å². The summed E-state index contributed by atoms with van der Waals surface area (Å²) in [4.78, 5) is 20.8. The molecule has 0 saturated carbocycles. The first-order valence-electron chi connectivity index (χ1n) is 12.7. The van der Waals surface area contributed by atoms with Gasteiger partial charge in [-0.3, -0.25) is 20.1 Å². The lowest BCUT2D eigenvalue weighted by Crippen LogP contribution is -2.40. The summed E-state index contributed by atoms with van der Waals surface area (Å²) >= 11 is 0. The Morgan fingerprint density at radius 2 is 1.97 bits per heavy atom. The molecule has 2 aromatic rings. The van der Waals surface area contributed by atoms with E-state index in [2.05, 4.69) is 27.8 Å². The van der Waals surface area contributed by atoms with E-state index >= 15 is 0 Å². The van der Waals surface area contributed by atoms with Gasteiger partial charge in [0, 0.05) is 50.2 Å². The first kappa shape index (κ1) is 25.7. The van der Waals surface area contributed by atoms with Crippen LogP contribution in [0.2, 0.25) is 0 Å². The predicted molar refractivity (Wildman–Crippen MR) is 144 cm³/mol. The Balaban J connectivity index is 1.28. The van der Waals surface area contributed by atoms with Crippen molar-refractivity contribution in [2.45, 2.75) is 25.4 Å². The van der Waals surface area contributed by atoms with Gasteiger partial charge in [-0.15, -0.1) is 0 Å². The second-order valence-corrected chi connectivity index (χ2v) is 9.71. The lowest BCUT2D eigenvalue weighted by molar-refractivity contribution is -0.129. The van der Waals surface area contributed by atoms with Gasteiger partial charge < -0.3 is 15.0 Å². The molecule has 0 bridgehead atoms. The van der Waals surface area contributed by atoms with Crippen LogP contribution < -0.4 is 15.5 Å². The van der Waals surface area contributed by atoms with E-state index in [1.165, 1.54) is 11.1 Å². The maximum Gasteiger partial charge on any atom is 0.272 e. The summed E-state index contributed by atoms with van der Waals surface area (Å²) in [5.74, 6) is 1.11. The minimum Gasteiger partial charge on any atom is -0.487 e. The maximum atomic E-state index is 12.8. The Bertz CT molecular complexity index is 1280. The highest BCUT2D eigenvalue weighted by Crippen LogP contribution is 2.34. The number of ether oxygens (including phenoxy) is 1. The van der Waals surface area contributed by atoms with E-state index in [4.69, 9.17) is 9.73 Å². The van der Waals surface area contributed by atoms with Crippen LogP contribution in [0.3, 0.4) is 0 Å². The van der Waals surface area contributed by atoms with Crippen molar-refractivity contribution in [3.8, 4) is 5.75 Å². The summed E-state index contributed by atoms with van der Waals surface area (Å²) in [5.41, 5.74) is 8.32. The molecule has 0 saturated heterocycles. The number of nitrogens with one attached hydrogen (secondary N) is 2. The molecule has 38 heavy (non-hydrogen) atoms. The maximum absolute atomic E-state index is 12.8. The highest BCUT2D eigenvalue weighted by molar-refractivity contribution is 5.96. The molecule has 1 atom stereocenters. The number of hydrazine groups is 1.